The third-order valence-corrected chi connectivity index (χ3v) is 8.17. The van der Waals surface area contributed by atoms with Gasteiger partial charge in [-0.2, -0.15) is 0 Å². The Hall–Kier alpha value is -3.49. The van der Waals surface area contributed by atoms with E-state index in [4.69, 9.17) is 0 Å². The first-order chi connectivity index (χ1) is 18.7. The predicted molar refractivity (Wildman–Crippen MR) is 152 cm³/mol. The molecule has 3 aromatic rings. The number of aryl methyl sites for hydroxylation is 1. The third-order valence-electron chi connectivity index (χ3n) is 6.64. The van der Waals surface area contributed by atoms with Crippen LogP contribution in [0.5, 0.6) is 0 Å². The van der Waals surface area contributed by atoms with Gasteiger partial charge in [0.2, 0.25) is 21.8 Å². The van der Waals surface area contributed by atoms with E-state index in [9.17, 15) is 18.0 Å². The summed E-state index contributed by atoms with van der Waals surface area (Å²) in [4.78, 5) is 29.2. The summed E-state index contributed by atoms with van der Waals surface area (Å²) in [5.74, 6) is -0.0914. The lowest BCUT2D eigenvalue weighted by Crippen LogP contribution is -2.44. The number of rotatable bonds is 13. The van der Waals surface area contributed by atoms with E-state index in [1.807, 2.05) is 74.5 Å². The molecule has 0 aromatic heterocycles. The van der Waals surface area contributed by atoms with Crippen molar-refractivity contribution in [3.05, 3.63) is 102 Å². The molecule has 1 fully saturated rings. The lowest BCUT2D eigenvalue weighted by atomic mass is 10.0. The highest BCUT2D eigenvalue weighted by molar-refractivity contribution is 7.89. The minimum absolute atomic E-state index is 0.0400. The molecule has 1 atom stereocenters. The molecule has 0 bridgehead atoms. The minimum atomic E-state index is -3.53. The molecule has 0 unspecified atom stereocenters. The SMILES string of the molecule is CC(C)CNC(=O)[C@H](c1ccccc1)N(Cc1ccccc1)C(=O)CCc1ccc(S(=O)(=O)NC2CC2)cc1. The number of hydrogen-bond acceptors (Lipinski definition) is 4. The molecule has 8 heteroatoms. The van der Waals surface area contributed by atoms with E-state index in [2.05, 4.69) is 10.0 Å². The number of hydrogen-bond donors (Lipinski definition) is 2. The van der Waals surface area contributed by atoms with Crippen molar-refractivity contribution in [2.45, 2.75) is 63.1 Å². The number of nitrogens with zero attached hydrogens (tertiary/aromatic N) is 1. The number of amides is 2. The Balaban J connectivity index is 1.54. The van der Waals surface area contributed by atoms with Crippen LogP contribution < -0.4 is 10.0 Å². The van der Waals surface area contributed by atoms with Gasteiger partial charge in [0.25, 0.3) is 0 Å². The van der Waals surface area contributed by atoms with Crippen LogP contribution in [0.2, 0.25) is 0 Å². The van der Waals surface area contributed by atoms with Crippen LogP contribution in [-0.4, -0.2) is 37.7 Å². The van der Waals surface area contributed by atoms with Crippen molar-refractivity contribution in [2.24, 2.45) is 5.92 Å². The summed E-state index contributed by atoms with van der Waals surface area (Å²) in [5, 5.41) is 3.02. The van der Waals surface area contributed by atoms with Crippen LogP contribution in [0.25, 0.3) is 0 Å². The van der Waals surface area contributed by atoms with Gasteiger partial charge >= 0.3 is 0 Å². The lowest BCUT2D eigenvalue weighted by molar-refractivity contribution is -0.141. The van der Waals surface area contributed by atoms with Crippen LogP contribution in [0.15, 0.2) is 89.8 Å². The summed E-state index contributed by atoms with van der Waals surface area (Å²) in [6.45, 7) is 4.87. The normalized spacial score (nSPS) is 14.1. The van der Waals surface area contributed by atoms with Gasteiger partial charge in [-0.15, -0.1) is 0 Å². The zero-order chi connectivity index (χ0) is 27.8. The quantitative estimate of drug-likeness (QED) is 0.327. The maximum atomic E-state index is 13.8. The van der Waals surface area contributed by atoms with Crippen molar-refractivity contribution in [3.8, 4) is 0 Å². The topological polar surface area (TPSA) is 95.6 Å². The Morgan fingerprint density at radius 3 is 2.08 bits per heavy atom. The highest BCUT2D eigenvalue weighted by Gasteiger charge is 2.31. The molecule has 7 nitrogen and oxygen atoms in total. The van der Waals surface area contributed by atoms with E-state index in [-0.39, 0.29) is 35.1 Å². The fourth-order valence-electron chi connectivity index (χ4n) is 4.33. The third kappa shape index (κ3) is 8.25. The molecule has 0 aliphatic heterocycles. The second kappa shape index (κ2) is 13.0. The predicted octanol–water partition coefficient (Wildman–Crippen LogP) is 4.60. The van der Waals surface area contributed by atoms with Crippen LogP contribution in [0.3, 0.4) is 0 Å². The van der Waals surface area contributed by atoms with E-state index < -0.39 is 16.1 Å². The first-order valence-electron chi connectivity index (χ1n) is 13.5. The zero-order valence-electron chi connectivity index (χ0n) is 22.5. The average Bonchev–Trinajstić information content (AvgIpc) is 3.75. The standard InChI is InChI=1S/C31H37N3O4S/c1-23(2)21-32-31(36)30(26-11-7-4-8-12-26)34(22-25-9-5-3-6-10-25)29(35)20-15-24-13-18-28(19-14-24)39(37,38)33-27-16-17-27/h3-14,18-19,23,27,30,33H,15-17,20-22H2,1-2H3,(H,32,36)/t30-/m0/s1. The van der Waals surface area contributed by atoms with E-state index in [1.165, 1.54) is 0 Å². The number of sulfonamides is 1. The molecule has 39 heavy (non-hydrogen) atoms. The molecule has 2 N–H and O–H groups in total. The van der Waals surface area contributed by atoms with Gasteiger partial charge in [-0.05, 0) is 54.0 Å². The summed E-state index contributed by atoms with van der Waals surface area (Å²) < 4.78 is 27.6. The number of carbonyl (C=O) groups is 2. The van der Waals surface area contributed by atoms with E-state index in [0.717, 1.165) is 29.5 Å². The van der Waals surface area contributed by atoms with Crippen molar-refractivity contribution >= 4 is 21.8 Å². The molecule has 206 valence electrons. The summed E-state index contributed by atoms with van der Waals surface area (Å²) >= 11 is 0. The molecular weight excluding hydrogens is 510 g/mol. The highest BCUT2D eigenvalue weighted by atomic mass is 32.2. The van der Waals surface area contributed by atoms with Crippen LogP contribution in [-0.2, 0) is 32.6 Å². The Labute approximate surface area is 231 Å². The van der Waals surface area contributed by atoms with Crippen LogP contribution >= 0.6 is 0 Å². The van der Waals surface area contributed by atoms with Gasteiger partial charge in [-0.1, -0.05) is 86.6 Å². The molecule has 3 aromatic carbocycles. The Morgan fingerprint density at radius 1 is 0.872 bits per heavy atom. The molecule has 0 saturated heterocycles. The Morgan fingerprint density at radius 2 is 1.49 bits per heavy atom. The van der Waals surface area contributed by atoms with Gasteiger partial charge in [0.15, 0.2) is 0 Å². The van der Waals surface area contributed by atoms with Crippen LogP contribution in [0.1, 0.15) is 55.8 Å². The smallest absolute Gasteiger partial charge is 0.247 e. The van der Waals surface area contributed by atoms with Gasteiger partial charge in [-0.25, -0.2) is 13.1 Å². The van der Waals surface area contributed by atoms with Gasteiger partial charge in [0, 0.05) is 25.6 Å². The van der Waals surface area contributed by atoms with Gasteiger partial charge in [0.1, 0.15) is 6.04 Å². The van der Waals surface area contributed by atoms with E-state index in [0.29, 0.717) is 19.5 Å². The molecule has 1 aliphatic rings. The fourth-order valence-corrected chi connectivity index (χ4v) is 5.64. The Kier molecular flexibility index (Phi) is 9.54. The van der Waals surface area contributed by atoms with Crippen molar-refractivity contribution in [1.82, 2.24) is 14.9 Å². The summed E-state index contributed by atoms with van der Waals surface area (Å²) in [7, 11) is -3.53. The minimum Gasteiger partial charge on any atom is -0.354 e. The molecule has 1 aliphatic carbocycles. The fraction of sp³-hybridized carbons (Fsp3) is 0.355. The maximum absolute atomic E-state index is 13.8. The van der Waals surface area contributed by atoms with Crippen molar-refractivity contribution in [2.75, 3.05) is 6.54 Å². The van der Waals surface area contributed by atoms with Crippen molar-refractivity contribution in [1.29, 1.82) is 0 Å². The van der Waals surface area contributed by atoms with Crippen LogP contribution in [0, 0.1) is 5.92 Å². The maximum Gasteiger partial charge on any atom is 0.247 e. The van der Waals surface area contributed by atoms with Gasteiger partial charge in [0.05, 0.1) is 4.90 Å². The van der Waals surface area contributed by atoms with E-state index >= 15 is 0 Å². The average molecular weight is 548 g/mol. The monoisotopic (exact) mass is 547 g/mol. The first kappa shape index (κ1) is 28.5. The van der Waals surface area contributed by atoms with Crippen LogP contribution in [0.4, 0.5) is 0 Å². The zero-order valence-corrected chi connectivity index (χ0v) is 23.4. The molecule has 2 amide bonds. The molecular formula is C31H37N3O4S. The second-order valence-corrected chi connectivity index (χ2v) is 12.2. The molecule has 0 spiro atoms. The first-order valence-corrected chi connectivity index (χ1v) is 15.0. The number of carbonyl (C=O) groups excluding carboxylic acids is 2. The van der Waals surface area contributed by atoms with Crippen molar-refractivity contribution < 1.29 is 18.0 Å². The number of benzene rings is 3. The summed E-state index contributed by atoms with van der Waals surface area (Å²) in [6.07, 6.45) is 2.35. The largest absolute Gasteiger partial charge is 0.354 e. The number of nitrogens with one attached hydrogen (secondary N) is 2. The highest BCUT2D eigenvalue weighted by Crippen LogP contribution is 2.26. The van der Waals surface area contributed by atoms with E-state index in [1.54, 1.807) is 29.2 Å². The molecule has 1 saturated carbocycles. The molecule has 0 radical (unpaired) electrons. The summed E-state index contributed by atoms with van der Waals surface area (Å²) in [6, 6.07) is 25.0. The van der Waals surface area contributed by atoms with Crippen molar-refractivity contribution in [3.63, 3.8) is 0 Å². The second-order valence-electron chi connectivity index (χ2n) is 10.5. The summed E-state index contributed by atoms with van der Waals surface area (Å²) in [5.41, 5.74) is 2.54. The molecule has 4 rings (SSSR count). The van der Waals surface area contributed by atoms with Gasteiger partial charge < -0.3 is 10.2 Å². The van der Waals surface area contributed by atoms with Gasteiger partial charge in [-0.3, -0.25) is 9.59 Å². The molecule has 0 heterocycles. The Bertz CT molecular complexity index is 1340. The lowest BCUT2D eigenvalue weighted by Gasteiger charge is -2.32.